The summed E-state index contributed by atoms with van der Waals surface area (Å²) in [6, 6.07) is 5.37. The fourth-order valence-electron chi connectivity index (χ4n) is 1.41. The van der Waals surface area contributed by atoms with Crippen LogP contribution in [0, 0.1) is 6.92 Å². The Balaban J connectivity index is 2.88. The minimum Gasteiger partial charge on any atom is -0.358 e. The summed E-state index contributed by atoms with van der Waals surface area (Å²) >= 11 is 4.20. The van der Waals surface area contributed by atoms with E-state index in [4.69, 9.17) is 0 Å². The summed E-state index contributed by atoms with van der Waals surface area (Å²) in [5.74, 6) is -0.373. The van der Waals surface area contributed by atoms with Gasteiger partial charge in [0.2, 0.25) is 5.91 Å². The second kappa shape index (κ2) is 5.72. The number of hydrogen-bond donors (Lipinski definition) is 2. The van der Waals surface area contributed by atoms with Crippen LogP contribution in [0.15, 0.2) is 23.1 Å². The van der Waals surface area contributed by atoms with Crippen LogP contribution in [0.4, 0.5) is 0 Å². The first-order valence-corrected chi connectivity index (χ1v) is 5.66. The van der Waals surface area contributed by atoms with E-state index >= 15 is 0 Å². The number of benzene rings is 1. The summed E-state index contributed by atoms with van der Waals surface area (Å²) in [6.45, 7) is 1.90. The monoisotopic (exact) mass is 252 g/mol. The highest BCUT2D eigenvalue weighted by Gasteiger charge is 2.16. The maximum Gasteiger partial charge on any atom is 0.254 e. The molecule has 0 aliphatic heterocycles. The van der Waals surface area contributed by atoms with Crippen LogP contribution in [0.2, 0.25) is 0 Å². The molecule has 0 aliphatic carbocycles. The van der Waals surface area contributed by atoms with E-state index < -0.39 is 0 Å². The van der Waals surface area contributed by atoms with E-state index in [0.29, 0.717) is 5.56 Å². The molecule has 0 saturated heterocycles. The first-order chi connectivity index (χ1) is 7.95. The summed E-state index contributed by atoms with van der Waals surface area (Å²) < 4.78 is 0. The van der Waals surface area contributed by atoms with Crippen molar-refractivity contribution < 1.29 is 9.59 Å². The number of likely N-dealkylation sites (N-methyl/N-ethyl adjacent to an activating group) is 2. The lowest BCUT2D eigenvalue weighted by Crippen LogP contribution is -2.37. The minimum atomic E-state index is -0.194. The van der Waals surface area contributed by atoms with Gasteiger partial charge in [0.25, 0.3) is 5.91 Å². The topological polar surface area (TPSA) is 49.4 Å². The van der Waals surface area contributed by atoms with Crippen molar-refractivity contribution in [2.24, 2.45) is 0 Å². The molecule has 0 heterocycles. The van der Waals surface area contributed by atoms with E-state index in [1.165, 1.54) is 4.90 Å². The van der Waals surface area contributed by atoms with Gasteiger partial charge >= 0.3 is 0 Å². The molecule has 1 aromatic carbocycles. The van der Waals surface area contributed by atoms with E-state index in [2.05, 4.69) is 17.9 Å². The van der Waals surface area contributed by atoms with Crippen molar-refractivity contribution in [1.29, 1.82) is 0 Å². The van der Waals surface area contributed by atoms with Crippen molar-refractivity contribution in [2.75, 3.05) is 20.6 Å². The zero-order chi connectivity index (χ0) is 13.0. The van der Waals surface area contributed by atoms with Gasteiger partial charge in [0, 0.05) is 24.6 Å². The maximum absolute atomic E-state index is 12.1. The number of nitrogens with zero attached hydrogens (tertiary/aromatic N) is 1. The molecule has 0 bridgehead atoms. The molecule has 0 fully saturated rings. The van der Waals surface area contributed by atoms with Crippen molar-refractivity contribution in [1.82, 2.24) is 10.2 Å². The number of amides is 2. The van der Waals surface area contributed by atoms with Crippen LogP contribution in [0.3, 0.4) is 0 Å². The average Bonchev–Trinajstić information content (AvgIpc) is 2.31. The zero-order valence-electron chi connectivity index (χ0n) is 10.2. The van der Waals surface area contributed by atoms with E-state index in [9.17, 15) is 9.59 Å². The maximum atomic E-state index is 12.1. The van der Waals surface area contributed by atoms with Crippen LogP contribution < -0.4 is 5.32 Å². The third-order valence-corrected chi connectivity index (χ3v) is 2.74. The second-order valence-corrected chi connectivity index (χ2v) is 4.35. The van der Waals surface area contributed by atoms with Gasteiger partial charge in [0.1, 0.15) is 0 Å². The third-order valence-electron chi connectivity index (χ3n) is 2.46. The molecule has 17 heavy (non-hydrogen) atoms. The molecule has 0 unspecified atom stereocenters. The molecule has 1 aromatic rings. The molecule has 5 heteroatoms. The highest BCUT2D eigenvalue weighted by atomic mass is 32.1. The molecule has 0 aromatic heterocycles. The Morgan fingerprint density at radius 2 is 2.06 bits per heavy atom. The van der Waals surface area contributed by atoms with Crippen LogP contribution >= 0.6 is 12.6 Å². The lowest BCUT2D eigenvalue weighted by molar-refractivity contribution is -0.121. The third kappa shape index (κ3) is 3.49. The molecule has 1 rings (SSSR count). The van der Waals surface area contributed by atoms with Gasteiger partial charge in [-0.15, -0.1) is 12.6 Å². The Morgan fingerprint density at radius 3 is 2.65 bits per heavy atom. The number of carbonyl (C=O) groups excluding carboxylic acids is 2. The predicted octanol–water partition coefficient (Wildman–Crippen LogP) is 1.10. The smallest absolute Gasteiger partial charge is 0.254 e. The molecule has 4 nitrogen and oxygen atoms in total. The van der Waals surface area contributed by atoms with Crippen molar-refractivity contribution >= 4 is 24.4 Å². The zero-order valence-corrected chi connectivity index (χ0v) is 11.0. The molecule has 0 aliphatic rings. The highest BCUT2D eigenvalue weighted by molar-refractivity contribution is 7.80. The van der Waals surface area contributed by atoms with E-state index in [0.717, 1.165) is 10.5 Å². The molecule has 0 radical (unpaired) electrons. The fourth-order valence-corrected chi connectivity index (χ4v) is 1.62. The quantitative estimate of drug-likeness (QED) is 0.792. The summed E-state index contributed by atoms with van der Waals surface area (Å²) in [7, 11) is 3.14. The predicted molar refractivity (Wildman–Crippen MR) is 69.5 cm³/mol. The molecule has 0 saturated carbocycles. The molecular weight excluding hydrogens is 236 g/mol. The number of thiol groups is 1. The number of nitrogens with one attached hydrogen (secondary N) is 1. The normalized spacial score (nSPS) is 9.88. The second-order valence-electron chi connectivity index (χ2n) is 3.83. The van der Waals surface area contributed by atoms with Crippen LogP contribution in [-0.4, -0.2) is 37.4 Å². The number of aryl methyl sites for hydroxylation is 1. The Kier molecular flexibility index (Phi) is 4.57. The van der Waals surface area contributed by atoms with Gasteiger partial charge < -0.3 is 10.2 Å². The Labute approximate surface area is 106 Å². The summed E-state index contributed by atoms with van der Waals surface area (Å²) in [5.41, 5.74) is 1.44. The van der Waals surface area contributed by atoms with Crippen molar-refractivity contribution in [2.45, 2.75) is 11.8 Å². The van der Waals surface area contributed by atoms with Crippen LogP contribution in [0.1, 0.15) is 15.9 Å². The molecule has 92 valence electrons. The van der Waals surface area contributed by atoms with E-state index in [1.54, 1.807) is 20.2 Å². The summed E-state index contributed by atoms with van der Waals surface area (Å²) in [6.07, 6.45) is 0. The fraction of sp³-hybridized carbons (Fsp3) is 0.333. The number of hydrogen-bond acceptors (Lipinski definition) is 3. The minimum absolute atomic E-state index is 0.0472. The van der Waals surface area contributed by atoms with Crippen LogP contribution in [0.25, 0.3) is 0 Å². The van der Waals surface area contributed by atoms with E-state index in [-0.39, 0.29) is 18.4 Å². The van der Waals surface area contributed by atoms with Crippen LogP contribution in [0.5, 0.6) is 0 Å². The number of rotatable bonds is 3. The van der Waals surface area contributed by atoms with Crippen molar-refractivity contribution in [3.63, 3.8) is 0 Å². The molecule has 2 amide bonds. The van der Waals surface area contributed by atoms with Gasteiger partial charge in [0.15, 0.2) is 0 Å². The standard InChI is InChI=1S/C12H16N2O2S/c1-8-4-5-9(17)6-10(8)12(16)14(3)7-11(15)13-2/h4-6,17H,7H2,1-3H3,(H,13,15). The Bertz CT molecular complexity index is 446. The first-order valence-electron chi connectivity index (χ1n) is 5.21. The Hall–Kier alpha value is -1.49. The van der Waals surface area contributed by atoms with Gasteiger partial charge in [-0.05, 0) is 24.6 Å². The Morgan fingerprint density at radius 1 is 1.41 bits per heavy atom. The lowest BCUT2D eigenvalue weighted by Gasteiger charge is -2.17. The average molecular weight is 252 g/mol. The molecule has 0 atom stereocenters. The van der Waals surface area contributed by atoms with Gasteiger partial charge in [-0.1, -0.05) is 6.07 Å². The number of carbonyl (C=O) groups is 2. The van der Waals surface area contributed by atoms with Gasteiger partial charge in [0.05, 0.1) is 6.54 Å². The van der Waals surface area contributed by atoms with Gasteiger partial charge in [-0.2, -0.15) is 0 Å². The first kappa shape index (κ1) is 13.6. The van der Waals surface area contributed by atoms with Gasteiger partial charge in [-0.25, -0.2) is 0 Å². The van der Waals surface area contributed by atoms with E-state index in [1.807, 2.05) is 19.1 Å². The molecular formula is C12H16N2O2S. The largest absolute Gasteiger partial charge is 0.358 e. The van der Waals surface area contributed by atoms with Crippen molar-refractivity contribution in [3.05, 3.63) is 29.3 Å². The van der Waals surface area contributed by atoms with Crippen molar-refractivity contribution in [3.8, 4) is 0 Å². The molecule has 0 spiro atoms. The summed E-state index contributed by atoms with van der Waals surface area (Å²) in [5, 5.41) is 2.48. The summed E-state index contributed by atoms with van der Waals surface area (Å²) in [4.78, 5) is 25.4. The van der Waals surface area contributed by atoms with Crippen LogP contribution in [-0.2, 0) is 4.79 Å². The lowest BCUT2D eigenvalue weighted by atomic mass is 10.1. The SMILES string of the molecule is CNC(=O)CN(C)C(=O)c1cc(S)ccc1C. The molecule has 1 N–H and O–H groups in total. The van der Waals surface area contributed by atoms with Gasteiger partial charge in [-0.3, -0.25) is 9.59 Å². The highest BCUT2D eigenvalue weighted by Crippen LogP contribution is 2.15.